The number of aromatic nitrogens is 3. The minimum atomic E-state index is -0.200. The molecule has 0 bridgehead atoms. The fraction of sp³-hybridized carbons (Fsp3) is 0.118. The van der Waals surface area contributed by atoms with Crippen LogP contribution in [-0.2, 0) is 11.3 Å². The first-order valence-electron chi connectivity index (χ1n) is 7.14. The summed E-state index contributed by atoms with van der Waals surface area (Å²) in [5, 5.41) is 11.6. The van der Waals surface area contributed by atoms with Crippen LogP contribution in [0.3, 0.4) is 0 Å². The molecule has 3 rings (SSSR count). The van der Waals surface area contributed by atoms with Crippen LogP contribution in [0.5, 0.6) is 0 Å². The van der Waals surface area contributed by atoms with Gasteiger partial charge < -0.3 is 5.32 Å². The van der Waals surface area contributed by atoms with E-state index in [9.17, 15) is 4.79 Å². The Morgan fingerprint density at radius 3 is 3.00 bits per heavy atom. The highest BCUT2D eigenvalue weighted by atomic mass is 35.5. The molecule has 1 aromatic carbocycles. The standard InChI is InChI=1S/C17H15ClN4O/c1-12-5-6-13(10-14(12)18)7-8-17(23)19-11-16-21-20-15-4-2-3-9-22(15)16/h2-10H,11H2,1H3,(H,19,23). The van der Waals surface area contributed by atoms with Crippen molar-refractivity contribution in [2.24, 2.45) is 0 Å². The molecule has 1 N–H and O–H groups in total. The minimum Gasteiger partial charge on any atom is -0.345 e. The van der Waals surface area contributed by atoms with Gasteiger partial charge in [-0.1, -0.05) is 29.8 Å². The number of halogens is 1. The molecule has 0 saturated heterocycles. The van der Waals surface area contributed by atoms with E-state index in [0.717, 1.165) is 16.8 Å². The topological polar surface area (TPSA) is 59.3 Å². The van der Waals surface area contributed by atoms with E-state index in [1.165, 1.54) is 6.08 Å². The van der Waals surface area contributed by atoms with Crippen molar-refractivity contribution in [3.63, 3.8) is 0 Å². The molecular formula is C17H15ClN4O. The van der Waals surface area contributed by atoms with Crippen molar-refractivity contribution in [2.45, 2.75) is 13.5 Å². The first-order chi connectivity index (χ1) is 11.1. The molecule has 3 aromatic rings. The summed E-state index contributed by atoms with van der Waals surface area (Å²) in [6.45, 7) is 2.24. The average molecular weight is 327 g/mol. The van der Waals surface area contributed by atoms with Gasteiger partial charge in [0.15, 0.2) is 11.5 Å². The molecule has 0 unspecified atom stereocenters. The normalized spacial score (nSPS) is 11.2. The molecule has 0 saturated carbocycles. The molecule has 116 valence electrons. The van der Waals surface area contributed by atoms with Gasteiger partial charge in [0.2, 0.25) is 5.91 Å². The number of rotatable bonds is 4. The molecule has 2 aromatic heterocycles. The first-order valence-corrected chi connectivity index (χ1v) is 7.52. The Hall–Kier alpha value is -2.66. The highest BCUT2D eigenvalue weighted by Gasteiger charge is 2.05. The quantitative estimate of drug-likeness (QED) is 0.750. The SMILES string of the molecule is Cc1ccc(C=CC(=O)NCc2nnc3ccccn23)cc1Cl. The number of pyridine rings is 1. The van der Waals surface area contributed by atoms with Crippen LogP contribution in [0.2, 0.25) is 5.02 Å². The van der Waals surface area contributed by atoms with Crippen LogP contribution >= 0.6 is 11.6 Å². The van der Waals surface area contributed by atoms with E-state index >= 15 is 0 Å². The number of hydrogen-bond acceptors (Lipinski definition) is 3. The molecule has 6 heteroatoms. The van der Waals surface area contributed by atoms with Crippen LogP contribution in [0, 0.1) is 6.92 Å². The monoisotopic (exact) mass is 326 g/mol. The lowest BCUT2D eigenvalue weighted by molar-refractivity contribution is -0.116. The van der Waals surface area contributed by atoms with Gasteiger partial charge in [0.05, 0.1) is 6.54 Å². The smallest absolute Gasteiger partial charge is 0.244 e. The number of fused-ring (bicyclic) bond motifs is 1. The Bertz CT molecular complexity index is 885. The van der Waals surface area contributed by atoms with Gasteiger partial charge in [0.1, 0.15) is 0 Å². The van der Waals surface area contributed by atoms with Crippen molar-refractivity contribution in [3.8, 4) is 0 Å². The molecule has 0 aliphatic carbocycles. The van der Waals surface area contributed by atoms with E-state index in [-0.39, 0.29) is 5.91 Å². The van der Waals surface area contributed by atoms with Crippen LogP contribution in [-0.4, -0.2) is 20.5 Å². The average Bonchev–Trinajstić information content (AvgIpc) is 2.97. The Labute approximate surface area is 138 Å². The second-order valence-electron chi connectivity index (χ2n) is 5.10. The summed E-state index contributed by atoms with van der Waals surface area (Å²) in [5.74, 6) is 0.482. The molecule has 0 aliphatic heterocycles. The van der Waals surface area contributed by atoms with Gasteiger partial charge in [-0.2, -0.15) is 0 Å². The Morgan fingerprint density at radius 2 is 2.17 bits per heavy atom. The summed E-state index contributed by atoms with van der Waals surface area (Å²) < 4.78 is 1.84. The molecule has 0 aliphatic rings. The number of aryl methyl sites for hydroxylation is 1. The highest BCUT2D eigenvalue weighted by Crippen LogP contribution is 2.17. The Kier molecular flexibility index (Phi) is 4.39. The molecule has 0 radical (unpaired) electrons. The van der Waals surface area contributed by atoms with Crippen LogP contribution in [0.25, 0.3) is 11.7 Å². The van der Waals surface area contributed by atoms with Gasteiger partial charge in [-0.15, -0.1) is 10.2 Å². The van der Waals surface area contributed by atoms with E-state index in [2.05, 4.69) is 15.5 Å². The van der Waals surface area contributed by atoms with Crippen LogP contribution < -0.4 is 5.32 Å². The summed E-state index contributed by atoms with van der Waals surface area (Å²) >= 11 is 6.06. The van der Waals surface area contributed by atoms with Gasteiger partial charge >= 0.3 is 0 Å². The molecule has 1 amide bonds. The van der Waals surface area contributed by atoms with Crippen molar-refractivity contribution >= 4 is 29.2 Å². The lowest BCUT2D eigenvalue weighted by Gasteiger charge is -2.01. The zero-order valence-corrected chi connectivity index (χ0v) is 13.3. The number of nitrogens with one attached hydrogen (secondary N) is 1. The predicted molar refractivity (Wildman–Crippen MR) is 90.1 cm³/mol. The first kappa shape index (κ1) is 15.2. The summed E-state index contributed by atoms with van der Waals surface area (Å²) in [6, 6.07) is 11.3. The number of benzene rings is 1. The number of carbonyl (C=O) groups excluding carboxylic acids is 1. The van der Waals surface area contributed by atoms with Crippen LogP contribution in [0.15, 0.2) is 48.7 Å². The zero-order valence-electron chi connectivity index (χ0n) is 12.5. The third kappa shape index (κ3) is 3.57. The Morgan fingerprint density at radius 1 is 1.30 bits per heavy atom. The maximum absolute atomic E-state index is 11.9. The molecule has 2 heterocycles. The third-order valence-electron chi connectivity index (χ3n) is 3.43. The van der Waals surface area contributed by atoms with Gasteiger partial charge in [-0.3, -0.25) is 9.20 Å². The molecule has 0 atom stereocenters. The second kappa shape index (κ2) is 6.62. The lowest BCUT2D eigenvalue weighted by atomic mass is 10.1. The second-order valence-corrected chi connectivity index (χ2v) is 5.51. The molecule has 5 nitrogen and oxygen atoms in total. The predicted octanol–water partition coefficient (Wildman–Crippen LogP) is 3.02. The molecular weight excluding hydrogens is 312 g/mol. The van der Waals surface area contributed by atoms with Crippen LogP contribution in [0.1, 0.15) is 17.0 Å². The van der Waals surface area contributed by atoms with Crippen molar-refractivity contribution in [2.75, 3.05) is 0 Å². The maximum atomic E-state index is 11.9. The summed E-state index contributed by atoms with van der Waals surface area (Å²) in [4.78, 5) is 11.9. The number of nitrogens with zero attached hydrogens (tertiary/aromatic N) is 3. The summed E-state index contributed by atoms with van der Waals surface area (Å²) in [5.41, 5.74) is 2.64. The van der Waals surface area contributed by atoms with E-state index in [0.29, 0.717) is 17.4 Å². The van der Waals surface area contributed by atoms with E-state index in [1.807, 2.05) is 53.9 Å². The molecule has 0 spiro atoms. The molecule has 23 heavy (non-hydrogen) atoms. The van der Waals surface area contributed by atoms with Gasteiger partial charge in [0, 0.05) is 17.3 Å². The zero-order chi connectivity index (χ0) is 16.2. The van der Waals surface area contributed by atoms with Crippen molar-refractivity contribution in [1.29, 1.82) is 0 Å². The van der Waals surface area contributed by atoms with Crippen molar-refractivity contribution in [1.82, 2.24) is 19.9 Å². The molecule has 0 fully saturated rings. The number of carbonyl (C=O) groups is 1. The largest absolute Gasteiger partial charge is 0.345 e. The van der Waals surface area contributed by atoms with Crippen LogP contribution in [0.4, 0.5) is 0 Å². The fourth-order valence-corrected chi connectivity index (χ4v) is 2.31. The van der Waals surface area contributed by atoms with Crippen molar-refractivity contribution in [3.05, 3.63) is 70.6 Å². The fourth-order valence-electron chi connectivity index (χ4n) is 2.12. The van der Waals surface area contributed by atoms with E-state index < -0.39 is 0 Å². The van der Waals surface area contributed by atoms with E-state index in [1.54, 1.807) is 6.08 Å². The van der Waals surface area contributed by atoms with Crippen molar-refractivity contribution < 1.29 is 4.79 Å². The Balaban J connectivity index is 1.63. The highest BCUT2D eigenvalue weighted by molar-refractivity contribution is 6.31. The number of hydrogen-bond donors (Lipinski definition) is 1. The minimum absolute atomic E-state index is 0.200. The van der Waals surface area contributed by atoms with E-state index in [4.69, 9.17) is 11.6 Å². The van der Waals surface area contributed by atoms with Gasteiger partial charge in [0.25, 0.3) is 0 Å². The summed E-state index contributed by atoms with van der Waals surface area (Å²) in [7, 11) is 0. The number of amides is 1. The van der Waals surface area contributed by atoms with Gasteiger partial charge in [-0.05, 0) is 42.3 Å². The van der Waals surface area contributed by atoms with Gasteiger partial charge in [-0.25, -0.2) is 0 Å². The lowest BCUT2D eigenvalue weighted by Crippen LogP contribution is -2.21. The maximum Gasteiger partial charge on any atom is 0.244 e. The summed E-state index contributed by atoms with van der Waals surface area (Å²) in [6.07, 6.45) is 5.06. The third-order valence-corrected chi connectivity index (χ3v) is 3.84.